The summed E-state index contributed by atoms with van der Waals surface area (Å²) in [7, 11) is 0. The maximum absolute atomic E-state index is 12.2. The van der Waals surface area contributed by atoms with Crippen molar-refractivity contribution in [2.75, 3.05) is 32.7 Å². The smallest absolute Gasteiger partial charge is 0.295 e. The summed E-state index contributed by atoms with van der Waals surface area (Å²) in [6, 6.07) is 14.4. The summed E-state index contributed by atoms with van der Waals surface area (Å²) in [6.07, 6.45) is 0. The molecule has 28 heavy (non-hydrogen) atoms. The molecule has 0 aliphatic carbocycles. The number of rotatable bonds is 6. The molecule has 0 spiro atoms. The van der Waals surface area contributed by atoms with Gasteiger partial charge in [-0.25, -0.2) is 5.43 Å². The molecule has 0 saturated carbocycles. The van der Waals surface area contributed by atoms with E-state index in [-0.39, 0.29) is 11.7 Å². The molecule has 3 rings (SSSR count). The number of carbonyl (C=O) groups is 1. The van der Waals surface area contributed by atoms with Crippen molar-refractivity contribution in [3.05, 3.63) is 64.7 Å². The highest BCUT2D eigenvalue weighted by molar-refractivity contribution is 6.31. The molecule has 2 N–H and O–H groups in total. The second kappa shape index (κ2) is 9.68. The summed E-state index contributed by atoms with van der Waals surface area (Å²) in [4.78, 5) is 15.8. The van der Waals surface area contributed by atoms with Gasteiger partial charge in [-0.05, 0) is 24.1 Å². The fraction of sp³-hybridized carbons (Fsp3) is 0.333. The van der Waals surface area contributed by atoms with Crippen molar-refractivity contribution >= 4 is 23.2 Å². The Balaban J connectivity index is 1.43. The average molecular weight is 401 g/mol. The summed E-state index contributed by atoms with van der Waals surface area (Å²) in [5.74, 6) is -0.190. The minimum absolute atomic E-state index is 0.0718. The van der Waals surface area contributed by atoms with Gasteiger partial charge in [-0.1, -0.05) is 54.1 Å². The van der Waals surface area contributed by atoms with E-state index in [1.807, 2.05) is 18.2 Å². The van der Waals surface area contributed by atoms with Gasteiger partial charge in [-0.2, -0.15) is 5.10 Å². The van der Waals surface area contributed by atoms with E-state index < -0.39 is 0 Å². The molecule has 1 heterocycles. The largest absolute Gasteiger partial charge is 0.872 e. The predicted octanol–water partition coefficient (Wildman–Crippen LogP) is 0.655. The lowest BCUT2D eigenvalue weighted by Crippen LogP contribution is -3.15. The molecular weight excluding hydrogens is 376 g/mol. The Morgan fingerprint density at radius 3 is 2.68 bits per heavy atom. The van der Waals surface area contributed by atoms with Gasteiger partial charge in [-0.3, -0.25) is 9.69 Å². The molecule has 0 atom stereocenters. The van der Waals surface area contributed by atoms with Gasteiger partial charge in [0.15, 0.2) is 6.54 Å². The zero-order chi connectivity index (χ0) is 19.9. The topological polar surface area (TPSA) is 72.2 Å². The SMILES string of the molecule is CC(=NNC(=O)C[NH+]1CCN(Cc2ccccc2Cl)CC1)c1cccc([O-])c1. The van der Waals surface area contributed by atoms with E-state index in [2.05, 4.69) is 21.5 Å². The van der Waals surface area contributed by atoms with Gasteiger partial charge in [0.1, 0.15) is 0 Å². The number of nitrogens with one attached hydrogen (secondary N) is 2. The lowest BCUT2D eigenvalue weighted by Gasteiger charge is -2.31. The van der Waals surface area contributed by atoms with Crippen LogP contribution in [0.15, 0.2) is 53.6 Å². The molecule has 1 fully saturated rings. The van der Waals surface area contributed by atoms with E-state index in [1.165, 1.54) is 17.0 Å². The number of hydrogen-bond acceptors (Lipinski definition) is 4. The highest BCUT2D eigenvalue weighted by Gasteiger charge is 2.22. The van der Waals surface area contributed by atoms with Crippen molar-refractivity contribution in [1.29, 1.82) is 0 Å². The summed E-state index contributed by atoms with van der Waals surface area (Å²) in [6.45, 7) is 6.64. The van der Waals surface area contributed by atoms with E-state index in [4.69, 9.17) is 11.6 Å². The van der Waals surface area contributed by atoms with E-state index in [0.29, 0.717) is 17.8 Å². The van der Waals surface area contributed by atoms with Crippen molar-refractivity contribution in [3.63, 3.8) is 0 Å². The molecule has 148 valence electrons. The van der Waals surface area contributed by atoms with Crippen molar-refractivity contribution < 1.29 is 14.8 Å². The monoisotopic (exact) mass is 400 g/mol. The fourth-order valence-electron chi connectivity index (χ4n) is 3.27. The van der Waals surface area contributed by atoms with Crippen LogP contribution >= 0.6 is 11.6 Å². The van der Waals surface area contributed by atoms with Gasteiger partial charge < -0.3 is 10.0 Å². The molecule has 2 aromatic carbocycles. The van der Waals surface area contributed by atoms with Crippen LogP contribution in [0.3, 0.4) is 0 Å². The number of benzene rings is 2. The van der Waals surface area contributed by atoms with Crippen LogP contribution in [0, 0.1) is 0 Å². The van der Waals surface area contributed by atoms with Gasteiger partial charge in [0.05, 0.1) is 18.8 Å². The van der Waals surface area contributed by atoms with Crippen molar-refractivity contribution in [2.24, 2.45) is 5.10 Å². The number of hydrogen-bond donors (Lipinski definition) is 2. The minimum Gasteiger partial charge on any atom is -0.872 e. The number of amides is 1. The number of quaternary nitrogens is 1. The van der Waals surface area contributed by atoms with Crippen molar-refractivity contribution in [1.82, 2.24) is 10.3 Å². The third-order valence-corrected chi connectivity index (χ3v) is 5.29. The van der Waals surface area contributed by atoms with Gasteiger partial charge in [0.2, 0.25) is 0 Å². The van der Waals surface area contributed by atoms with Gasteiger partial charge in [-0.15, -0.1) is 5.75 Å². The first-order valence-corrected chi connectivity index (χ1v) is 9.79. The molecule has 1 amide bonds. The van der Waals surface area contributed by atoms with Gasteiger partial charge in [0.25, 0.3) is 5.91 Å². The Labute approximate surface area is 170 Å². The Bertz CT molecular complexity index is 848. The van der Waals surface area contributed by atoms with Gasteiger partial charge in [0, 0.05) is 24.7 Å². The molecule has 1 aliphatic rings. The summed E-state index contributed by atoms with van der Waals surface area (Å²) in [5, 5.41) is 16.3. The summed E-state index contributed by atoms with van der Waals surface area (Å²) in [5.41, 5.74) is 5.07. The Morgan fingerprint density at radius 2 is 1.96 bits per heavy atom. The Hall–Kier alpha value is -2.41. The number of hydrazone groups is 1. The van der Waals surface area contributed by atoms with E-state index in [1.54, 1.807) is 19.1 Å². The third kappa shape index (κ3) is 5.79. The first kappa shape index (κ1) is 20.3. The fourth-order valence-corrected chi connectivity index (χ4v) is 3.47. The number of nitrogens with zero attached hydrogens (tertiary/aromatic N) is 2. The highest BCUT2D eigenvalue weighted by atomic mass is 35.5. The zero-order valence-electron chi connectivity index (χ0n) is 16.0. The van der Waals surface area contributed by atoms with E-state index >= 15 is 0 Å². The normalized spacial score (nSPS) is 16.1. The van der Waals surface area contributed by atoms with E-state index in [9.17, 15) is 9.90 Å². The zero-order valence-corrected chi connectivity index (χ0v) is 16.7. The molecule has 0 aromatic heterocycles. The van der Waals surface area contributed by atoms with Crippen LogP contribution in [0.25, 0.3) is 0 Å². The predicted molar refractivity (Wildman–Crippen MR) is 109 cm³/mol. The van der Waals surface area contributed by atoms with Crippen LogP contribution in [0.5, 0.6) is 5.75 Å². The summed E-state index contributed by atoms with van der Waals surface area (Å²) >= 11 is 6.24. The molecular formula is C21H25ClN4O2. The molecule has 0 unspecified atom stereocenters. The second-order valence-corrected chi connectivity index (χ2v) is 7.46. The maximum atomic E-state index is 12.2. The first-order valence-electron chi connectivity index (χ1n) is 9.41. The average Bonchev–Trinajstić information content (AvgIpc) is 2.69. The second-order valence-electron chi connectivity index (χ2n) is 7.05. The molecule has 6 nitrogen and oxygen atoms in total. The molecule has 2 aromatic rings. The molecule has 0 bridgehead atoms. The quantitative estimate of drug-likeness (QED) is 0.552. The summed E-state index contributed by atoms with van der Waals surface area (Å²) < 4.78 is 0. The van der Waals surface area contributed by atoms with E-state index in [0.717, 1.165) is 43.3 Å². The van der Waals surface area contributed by atoms with Crippen LogP contribution in [-0.4, -0.2) is 49.2 Å². The van der Waals surface area contributed by atoms with Crippen LogP contribution in [0.1, 0.15) is 18.1 Å². The minimum atomic E-state index is -0.118. The van der Waals surface area contributed by atoms with Crippen LogP contribution < -0.4 is 15.4 Å². The van der Waals surface area contributed by atoms with Crippen LogP contribution in [0.4, 0.5) is 0 Å². The number of carbonyl (C=O) groups excluding carboxylic acids is 1. The lowest BCUT2D eigenvalue weighted by molar-refractivity contribution is -0.896. The Morgan fingerprint density at radius 1 is 1.21 bits per heavy atom. The first-order chi connectivity index (χ1) is 13.5. The van der Waals surface area contributed by atoms with Crippen molar-refractivity contribution in [3.8, 4) is 5.75 Å². The Kier molecular flexibility index (Phi) is 7.03. The molecule has 0 radical (unpaired) electrons. The molecule has 1 aliphatic heterocycles. The standard InChI is InChI=1S/C21H25ClN4O2/c1-16(17-6-4-7-19(27)13-17)23-24-21(28)15-26-11-9-25(10-12-26)14-18-5-2-3-8-20(18)22/h2-8,13,27H,9-12,14-15H2,1H3,(H,24,28). The van der Waals surface area contributed by atoms with Crippen molar-refractivity contribution in [2.45, 2.75) is 13.5 Å². The van der Waals surface area contributed by atoms with Crippen LogP contribution in [0.2, 0.25) is 5.02 Å². The molecule has 7 heteroatoms. The third-order valence-electron chi connectivity index (χ3n) is 4.93. The lowest BCUT2D eigenvalue weighted by atomic mass is 10.1. The molecule has 1 saturated heterocycles. The van der Waals surface area contributed by atoms with Gasteiger partial charge >= 0.3 is 0 Å². The number of piperazine rings is 1. The van der Waals surface area contributed by atoms with Crippen LogP contribution in [-0.2, 0) is 11.3 Å². The number of halogens is 1. The highest BCUT2D eigenvalue weighted by Crippen LogP contribution is 2.16. The maximum Gasteiger partial charge on any atom is 0.295 e.